The minimum atomic E-state index is -4.92. The molecule has 0 aliphatic rings. The van der Waals surface area contributed by atoms with Gasteiger partial charge in [0.1, 0.15) is 0 Å². The van der Waals surface area contributed by atoms with Gasteiger partial charge in [0.15, 0.2) is 0 Å². The van der Waals surface area contributed by atoms with Crippen LogP contribution in [0.3, 0.4) is 0 Å². The van der Waals surface area contributed by atoms with E-state index in [-0.39, 0.29) is 79.4 Å². The molecule has 99 valence electrons. The molecule has 0 rings (SSSR count). The van der Waals surface area contributed by atoms with Crippen LogP contribution in [0.25, 0.3) is 0 Å². The Hall–Kier alpha value is 0.745. The Morgan fingerprint density at radius 3 is 0.714 bits per heavy atom. The van der Waals surface area contributed by atoms with Crippen LogP contribution in [0.4, 0.5) is 0 Å². The minimum Gasteiger partial charge on any atom is -0.726 e. The average Bonchev–Trinajstić information content (AvgIpc) is 0.722. The first-order valence-corrected chi connectivity index (χ1v) is 2.05. The number of hydrogen-bond donors (Lipinski definition) is 1. The van der Waals surface area contributed by atoms with E-state index in [4.69, 9.17) is 17.5 Å². The fourth-order valence-electron chi connectivity index (χ4n) is 0. The molecule has 14 heavy (non-hydrogen) atoms. The molecule has 0 aromatic rings. The van der Waals surface area contributed by atoms with Crippen molar-refractivity contribution in [1.29, 1.82) is 0 Å². The van der Waals surface area contributed by atoms with Crippen molar-refractivity contribution in [3.63, 3.8) is 0 Å². The van der Waals surface area contributed by atoms with E-state index in [1.807, 2.05) is 0 Å². The van der Waals surface area contributed by atoms with Gasteiger partial charge < -0.3 is 48.4 Å². The van der Waals surface area contributed by atoms with Gasteiger partial charge >= 0.3 is 0 Å². The van der Waals surface area contributed by atoms with Crippen LogP contribution in [-0.2, 0) is 10.4 Å². The third kappa shape index (κ3) is 3170. The van der Waals surface area contributed by atoms with Crippen molar-refractivity contribution in [3.8, 4) is 0 Å². The zero-order valence-corrected chi connectivity index (χ0v) is 11.1. The van der Waals surface area contributed by atoms with E-state index >= 15 is 0 Å². The molecule has 0 bridgehead atoms. The first kappa shape index (κ1) is 124. The van der Waals surface area contributed by atoms with Gasteiger partial charge in [-0.05, 0) is 0 Å². The van der Waals surface area contributed by atoms with Crippen molar-refractivity contribution in [2.45, 2.75) is 0 Å². The number of hydrogen-bond acceptors (Lipinski definition) is 3. The molecule has 0 aromatic carbocycles. The van der Waals surface area contributed by atoms with Crippen LogP contribution in [-0.4, -0.2) is 61.3 Å². The maximum Gasteiger partial charge on any atom is 0.215 e. The topological polar surface area (TPSA) is 329 Å². The first-order valence-electron chi connectivity index (χ1n) is 0.683. The van der Waals surface area contributed by atoms with Crippen LogP contribution in [0.2, 0.25) is 0 Å². The monoisotopic (exact) mass is 380 g/mol. The molecule has 0 aliphatic heterocycles. The van der Waals surface area contributed by atoms with Crippen molar-refractivity contribution >= 4 is 10.4 Å². The summed E-state index contributed by atoms with van der Waals surface area (Å²) in [7, 11) is -4.92. The van der Waals surface area contributed by atoms with Crippen molar-refractivity contribution < 1.29 is 96.9 Å². The van der Waals surface area contributed by atoms with Crippen LogP contribution in [0.15, 0.2) is 0 Å². The van der Waals surface area contributed by atoms with Gasteiger partial charge in [-0.2, -0.15) is 0 Å². The molecule has 0 saturated heterocycles. The maximum atomic E-state index is 8.63. The summed E-state index contributed by atoms with van der Waals surface area (Å²) in [5.74, 6) is 0. The molecule has 1 radical (unpaired) electrons. The molecule has 0 spiro atoms. The van der Waals surface area contributed by atoms with Gasteiger partial charge in [-0.15, -0.1) is 0 Å². The Balaban J connectivity index is -0.00000000222. The predicted octanol–water partition coefficient (Wildman–Crippen LogP) is -7.59. The summed E-state index contributed by atoms with van der Waals surface area (Å²) in [6, 6.07) is 0. The molecule has 0 unspecified atom stereocenters. The van der Waals surface area contributed by atoms with Crippen LogP contribution < -0.4 is 0 Å². The molecule has 0 fully saturated rings. The second-order valence-corrected chi connectivity index (χ2v) is 1.28. The fourth-order valence-corrected chi connectivity index (χ4v) is 0. The minimum absolute atomic E-state index is 0. The molecular formula is H17LaO12S-. The molecule has 0 aromatic heterocycles. The molecular weight excluding hydrogens is 363 g/mol. The van der Waals surface area contributed by atoms with Gasteiger partial charge in [0.25, 0.3) is 0 Å². The zero-order valence-electron chi connectivity index (χ0n) is 6.66. The summed E-state index contributed by atoms with van der Waals surface area (Å²) in [6.07, 6.45) is 0. The van der Waals surface area contributed by atoms with Crippen LogP contribution in [0.5, 0.6) is 0 Å². The Kier molecular flexibility index (Phi) is 434. The average molecular weight is 380 g/mol. The van der Waals surface area contributed by atoms with Gasteiger partial charge in [-0.25, -0.2) is 8.42 Å². The fraction of sp³-hybridized carbons (Fsp3) is 0. The van der Waals surface area contributed by atoms with E-state index in [0.717, 1.165) is 0 Å². The van der Waals surface area contributed by atoms with Gasteiger partial charge in [-0.3, -0.25) is 4.55 Å². The normalized spacial score (nSPS) is 4.14. The second-order valence-electron chi connectivity index (χ2n) is 0.428. The second kappa shape index (κ2) is 49.1. The predicted molar refractivity (Wildman–Crippen MR) is 41.2 cm³/mol. The summed E-state index contributed by atoms with van der Waals surface area (Å²) < 4.78 is 32.8. The van der Waals surface area contributed by atoms with Gasteiger partial charge in [0.05, 0.1) is 0 Å². The molecule has 0 aliphatic carbocycles. The van der Waals surface area contributed by atoms with E-state index in [1.54, 1.807) is 0 Å². The third-order valence-electron chi connectivity index (χ3n) is 0. The molecule has 14 heteroatoms. The zero-order chi connectivity index (χ0) is 4.50. The standard InChI is InChI=1S/La.H2O4S.8H2O/c;1-5(2,3)4;;;;;;;;/h;(H2,1,2,3,4);8*1H2/p-1. The summed E-state index contributed by atoms with van der Waals surface area (Å²) in [4.78, 5) is 0. The molecule has 17 N–H and O–H groups in total. The Morgan fingerprint density at radius 1 is 0.714 bits per heavy atom. The molecule has 12 nitrogen and oxygen atoms in total. The SMILES string of the molecule is O.O.O.O.O.O.O.O.O=S(=O)([O-])O.[La]. The van der Waals surface area contributed by atoms with Crippen LogP contribution in [0, 0.1) is 35.6 Å². The Bertz CT molecular complexity index is 93.5. The Morgan fingerprint density at radius 2 is 0.714 bits per heavy atom. The van der Waals surface area contributed by atoms with Crippen LogP contribution in [0.1, 0.15) is 0 Å². The summed E-state index contributed by atoms with van der Waals surface area (Å²) in [5.41, 5.74) is 0. The smallest absolute Gasteiger partial charge is 0.215 e. The summed E-state index contributed by atoms with van der Waals surface area (Å²) in [5, 5.41) is 0. The summed E-state index contributed by atoms with van der Waals surface area (Å²) in [6.45, 7) is 0. The molecule has 0 amide bonds. The largest absolute Gasteiger partial charge is 0.726 e. The van der Waals surface area contributed by atoms with Crippen molar-refractivity contribution in [3.05, 3.63) is 0 Å². The van der Waals surface area contributed by atoms with E-state index < -0.39 is 10.4 Å². The number of rotatable bonds is 0. The van der Waals surface area contributed by atoms with Crippen LogP contribution >= 0.6 is 0 Å². The molecule has 0 heterocycles. The molecule has 0 atom stereocenters. The van der Waals surface area contributed by atoms with Gasteiger partial charge in [0.2, 0.25) is 10.4 Å². The van der Waals surface area contributed by atoms with Crippen molar-refractivity contribution in [2.24, 2.45) is 0 Å². The van der Waals surface area contributed by atoms with E-state index in [9.17, 15) is 0 Å². The van der Waals surface area contributed by atoms with Crippen molar-refractivity contribution in [2.75, 3.05) is 0 Å². The third-order valence-corrected chi connectivity index (χ3v) is 0. The molecule has 0 saturated carbocycles. The van der Waals surface area contributed by atoms with Gasteiger partial charge in [-0.1, -0.05) is 0 Å². The quantitative estimate of drug-likeness (QED) is 0.316. The van der Waals surface area contributed by atoms with Gasteiger partial charge in [0, 0.05) is 35.6 Å². The van der Waals surface area contributed by atoms with E-state index in [0.29, 0.717) is 0 Å². The maximum absolute atomic E-state index is 8.63. The van der Waals surface area contributed by atoms with E-state index in [2.05, 4.69) is 0 Å². The summed E-state index contributed by atoms with van der Waals surface area (Å²) >= 11 is 0. The first-order chi connectivity index (χ1) is 2.00. The van der Waals surface area contributed by atoms with Crippen molar-refractivity contribution in [1.82, 2.24) is 0 Å². The Labute approximate surface area is 107 Å². The van der Waals surface area contributed by atoms with E-state index in [1.165, 1.54) is 0 Å².